The molecule has 2 aromatic heterocycles. The highest BCUT2D eigenvalue weighted by Gasteiger charge is 2.33. The Morgan fingerprint density at radius 3 is 2.50 bits per heavy atom. The standard InChI is InChI=1S/C26H30FN5/c27-19-10-8-18(9-11-19)24-25(22-14-15-28-26(30-22)29-20-6-3-7-20)32-21(12-13-23(32)31-24)16-17-4-1-2-5-17/h8-11,14-15,17,20-21H,1-7,12-13,16H2,(H,28,29,30)/t21-/m0/s1. The lowest BCUT2D eigenvalue weighted by Crippen LogP contribution is -2.28. The second kappa shape index (κ2) is 8.30. The van der Waals surface area contributed by atoms with E-state index in [1.54, 1.807) is 0 Å². The fourth-order valence-corrected chi connectivity index (χ4v) is 5.68. The van der Waals surface area contributed by atoms with Gasteiger partial charge in [0.05, 0.1) is 17.1 Å². The van der Waals surface area contributed by atoms with Gasteiger partial charge in [0.1, 0.15) is 11.6 Å². The van der Waals surface area contributed by atoms with Gasteiger partial charge in [0.25, 0.3) is 0 Å². The molecule has 0 spiro atoms. The van der Waals surface area contributed by atoms with E-state index >= 15 is 0 Å². The summed E-state index contributed by atoms with van der Waals surface area (Å²) in [6.07, 6.45) is 14.3. The highest BCUT2D eigenvalue weighted by atomic mass is 19.1. The van der Waals surface area contributed by atoms with Gasteiger partial charge in [-0.15, -0.1) is 0 Å². The molecule has 6 rings (SSSR count). The average Bonchev–Trinajstić information content (AvgIpc) is 3.50. The highest BCUT2D eigenvalue weighted by Crippen LogP contribution is 2.43. The zero-order valence-corrected chi connectivity index (χ0v) is 18.4. The van der Waals surface area contributed by atoms with Gasteiger partial charge in [-0.2, -0.15) is 0 Å². The van der Waals surface area contributed by atoms with Gasteiger partial charge in [-0.05, 0) is 68.4 Å². The first-order valence-electron chi connectivity index (χ1n) is 12.2. The Morgan fingerprint density at radius 1 is 0.938 bits per heavy atom. The van der Waals surface area contributed by atoms with Crippen LogP contribution in [0.5, 0.6) is 0 Å². The van der Waals surface area contributed by atoms with Crippen molar-refractivity contribution < 1.29 is 4.39 Å². The van der Waals surface area contributed by atoms with Gasteiger partial charge in [-0.25, -0.2) is 19.3 Å². The lowest BCUT2D eigenvalue weighted by atomic mass is 9.93. The summed E-state index contributed by atoms with van der Waals surface area (Å²) in [6, 6.07) is 9.63. The van der Waals surface area contributed by atoms with E-state index in [4.69, 9.17) is 9.97 Å². The van der Waals surface area contributed by atoms with Gasteiger partial charge in [0.15, 0.2) is 0 Å². The average molecular weight is 432 g/mol. The number of nitrogens with zero attached hydrogens (tertiary/aromatic N) is 4. The monoisotopic (exact) mass is 431 g/mol. The van der Waals surface area contributed by atoms with Crippen LogP contribution in [0.25, 0.3) is 22.6 Å². The highest BCUT2D eigenvalue weighted by molar-refractivity contribution is 5.78. The van der Waals surface area contributed by atoms with Crippen LogP contribution < -0.4 is 5.32 Å². The number of anilines is 1. The molecule has 3 aromatic rings. The van der Waals surface area contributed by atoms with Crippen molar-refractivity contribution in [1.29, 1.82) is 0 Å². The molecule has 3 heterocycles. The fraction of sp³-hybridized carbons (Fsp3) is 0.500. The third-order valence-corrected chi connectivity index (χ3v) is 7.58. The molecule has 0 unspecified atom stereocenters. The van der Waals surface area contributed by atoms with Crippen LogP contribution in [0.1, 0.15) is 69.7 Å². The molecule has 3 aliphatic rings. The molecule has 1 aliphatic heterocycles. The van der Waals surface area contributed by atoms with Crippen LogP contribution in [-0.4, -0.2) is 25.6 Å². The van der Waals surface area contributed by atoms with Crippen molar-refractivity contribution in [1.82, 2.24) is 19.5 Å². The summed E-state index contributed by atoms with van der Waals surface area (Å²) < 4.78 is 16.1. The predicted molar refractivity (Wildman–Crippen MR) is 124 cm³/mol. The Labute approximate surface area is 188 Å². The third-order valence-electron chi connectivity index (χ3n) is 7.58. The topological polar surface area (TPSA) is 55.6 Å². The second-order valence-corrected chi connectivity index (χ2v) is 9.72. The van der Waals surface area contributed by atoms with Gasteiger partial charge in [-0.3, -0.25) is 0 Å². The van der Waals surface area contributed by atoms with E-state index in [0.29, 0.717) is 18.0 Å². The molecule has 2 saturated carbocycles. The first-order chi connectivity index (χ1) is 15.7. The van der Waals surface area contributed by atoms with Crippen LogP contribution in [0.4, 0.5) is 10.3 Å². The van der Waals surface area contributed by atoms with E-state index in [0.717, 1.165) is 47.2 Å². The number of rotatable bonds is 6. The maximum absolute atomic E-state index is 13.6. The minimum absolute atomic E-state index is 0.227. The number of imidazole rings is 1. The molecule has 0 radical (unpaired) electrons. The first-order valence-corrected chi connectivity index (χ1v) is 12.2. The number of aromatic nitrogens is 4. The van der Waals surface area contributed by atoms with Gasteiger partial charge in [0, 0.05) is 30.3 Å². The Hall–Kier alpha value is -2.76. The first kappa shape index (κ1) is 19.9. The number of hydrogen-bond acceptors (Lipinski definition) is 4. The lowest BCUT2D eigenvalue weighted by Gasteiger charge is -2.26. The summed E-state index contributed by atoms with van der Waals surface area (Å²) >= 11 is 0. The summed E-state index contributed by atoms with van der Waals surface area (Å²) in [4.78, 5) is 14.5. The molecular weight excluding hydrogens is 401 g/mol. The molecular formula is C26H30FN5. The van der Waals surface area contributed by atoms with E-state index < -0.39 is 0 Å². The maximum Gasteiger partial charge on any atom is 0.223 e. The zero-order chi connectivity index (χ0) is 21.5. The Balaban J connectivity index is 1.43. The molecule has 0 saturated heterocycles. The summed E-state index contributed by atoms with van der Waals surface area (Å²) in [5.41, 5.74) is 3.81. The van der Waals surface area contributed by atoms with Gasteiger partial charge >= 0.3 is 0 Å². The second-order valence-electron chi connectivity index (χ2n) is 9.72. The van der Waals surface area contributed by atoms with Crippen molar-refractivity contribution in [2.75, 3.05) is 5.32 Å². The van der Waals surface area contributed by atoms with Crippen molar-refractivity contribution >= 4 is 5.95 Å². The molecule has 32 heavy (non-hydrogen) atoms. The van der Waals surface area contributed by atoms with Crippen LogP contribution >= 0.6 is 0 Å². The Bertz CT molecular complexity index is 1100. The summed E-state index contributed by atoms with van der Waals surface area (Å²) in [5, 5.41) is 3.48. The summed E-state index contributed by atoms with van der Waals surface area (Å²) in [6.45, 7) is 0. The molecule has 6 heteroatoms. The van der Waals surface area contributed by atoms with Crippen molar-refractivity contribution in [2.24, 2.45) is 5.92 Å². The molecule has 1 N–H and O–H groups in total. The predicted octanol–water partition coefficient (Wildman–Crippen LogP) is 6.18. The Kier molecular flexibility index (Phi) is 5.16. The van der Waals surface area contributed by atoms with Crippen molar-refractivity contribution in [3.05, 3.63) is 48.2 Å². The van der Waals surface area contributed by atoms with Crippen molar-refractivity contribution in [3.63, 3.8) is 0 Å². The molecule has 2 fully saturated rings. The van der Waals surface area contributed by atoms with E-state index in [-0.39, 0.29) is 5.82 Å². The van der Waals surface area contributed by atoms with E-state index in [1.165, 1.54) is 63.5 Å². The van der Waals surface area contributed by atoms with Gasteiger partial charge in [0.2, 0.25) is 5.95 Å². The molecule has 0 bridgehead atoms. The van der Waals surface area contributed by atoms with Gasteiger partial charge in [-0.1, -0.05) is 25.7 Å². The summed E-state index contributed by atoms with van der Waals surface area (Å²) in [5.74, 6) is 2.42. The van der Waals surface area contributed by atoms with Crippen LogP contribution in [0.15, 0.2) is 36.5 Å². The number of benzene rings is 1. The van der Waals surface area contributed by atoms with Crippen LogP contribution in [-0.2, 0) is 6.42 Å². The maximum atomic E-state index is 13.6. The minimum Gasteiger partial charge on any atom is -0.351 e. The quantitative estimate of drug-likeness (QED) is 0.506. The van der Waals surface area contributed by atoms with Crippen molar-refractivity contribution in [2.45, 2.75) is 76.3 Å². The molecule has 2 aliphatic carbocycles. The van der Waals surface area contributed by atoms with E-state index in [1.807, 2.05) is 24.4 Å². The lowest BCUT2D eigenvalue weighted by molar-refractivity contribution is 0.382. The van der Waals surface area contributed by atoms with Crippen LogP contribution in [0.2, 0.25) is 0 Å². The number of nitrogens with one attached hydrogen (secondary N) is 1. The number of fused-ring (bicyclic) bond motifs is 1. The summed E-state index contributed by atoms with van der Waals surface area (Å²) in [7, 11) is 0. The number of aryl methyl sites for hydroxylation is 1. The third kappa shape index (κ3) is 3.70. The molecule has 0 amide bonds. The SMILES string of the molecule is Fc1ccc(-c2nc3n(c2-c2ccnc(NC4CCC4)n2)[C@H](CC2CCCC2)CC3)cc1. The molecule has 166 valence electrons. The van der Waals surface area contributed by atoms with Crippen LogP contribution in [0.3, 0.4) is 0 Å². The van der Waals surface area contributed by atoms with Crippen molar-refractivity contribution in [3.8, 4) is 22.6 Å². The van der Waals surface area contributed by atoms with Crippen LogP contribution in [0, 0.1) is 11.7 Å². The van der Waals surface area contributed by atoms with E-state index in [2.05, 4.69) is 14.9 Å². The largest absolute Gasteiger partial charge is 0.351 e. The van der Waals surface area contributed by atoms with E-state index in [9.17, 15) is 4.39 Å². The van der Waals surface area contributed by atoms with Gasteiger partial charge < -0.3 is 9.88 Å². The number of hydrogen-bond donors (Lipinski definition) is 1. The smallest absolute Gasteiger partial charge is 0.223 e. The molecule has 1 aromatic carbocycles. The fourth-order valence-electron chi connectivity index (χ4n) is 5.68. The number of halogens is 1. The molecule has 5 nitrogen and oxygen atoms in total. The Morgan fingerprint density at radius 2 is 1.75 bits per heavy atom. The minimum atomic E-state index is -0.227. The normalized spacial score (nSPS) is 21.0. The molecule has 1 atom stereocenters. The zero-order valence-electron chi connectivity index (χ0n) is 18.4.